The second-order valence-corrected chi connectivity index (χ2v) is 6.77. The van der Waals surface area contributed by atoms with E-state index in [1.165, 1.54) is 0 Å². The monoisotopic (exact) mass is 390 g/mol. The second kappa shape index (κ2) is 8.10. The maximum Gasteiger partial charge on any atom is 0.251 e. The third kappa shape index (κ3) is 3.81. The third-order valence-electron chi connectivity index (χ3n) is 4.18. The molecule has 0 aliphatic carbocycles. The number of aromatic nitrogens is 5. The summed E-state index contributed by atoms with van der Waals surface area (Å²) in [5.41, 5.74) is 2.42. The van der Waals surface area contributed by atoms with Crippen molar-refractivity contribution in [2.75, 3.05) is 6.26 Å². The maximum absolute atomic E-state index is 12.6. The second-order valence-electron chi connectivity index (χ2n) is 5.99. The highest BCUT2D eigenvalue weighted by atomic mass is 32.2. The van der Waals surface area contributed by atoms with Gasteiger partial charge in [0.25, 0.3) is 5.91 Å². The molecule has 3 heterocycles. The van der Waals surface area contributed by atoms with Crippen molar-refractivity contribution < 1.29 is 4.79 Å². The molecule has 0 radical (unpaired) electrons. The van der Waals surface area contributed by atoms with E-state index in [1.54, 1.807) is 41.1 Å². The van der Waals surface area contributed by atoms with Crippen molar-refractivity contribution in [2.45, 2.75) is 11.7 Å². The molecule has 0 atom stereocenters. The minimum absolute atomic E-state index is 0.135. The minimum atomic E-state index is -0.135. The molecule has 4 aromatic rings. The number of nitrogens with zero attached hydrogens (tertiary/aromatic N) is 5. The van der Waals surface area contributed by atoms with E-state index in [0.29, 0.717) is 12.1 Å². The Morgan fingerprint density at radius 2 is 2.04 bits per heavy atom. The summed E-state index contributed by atoms with van der Waals surface area (Å²) in [5.74, 6) is 0.599. The van der Waals surface area contributed by atoms with Gasteiger partial charge in [-0.2, -0.15) is 5.10 Å². The number of imidazole rings is 1. The maximum atomic E-state index is 12.6. The van der Waals surface area contributed by atoms with Crippen LogP contribution in [0.1, 0.15) is 15.9 Å². The first kappa shape index (κ1) is 18.0. The molecule has 0 fully saturated rings. The van der Waals surface area contributed by atoms with Gasteiger partial charge in [0, 0.05) is 48.8 Å². The topological polar surface area (TPSA) is 77.6 Å². The lowest BCUT2D eigenvalue weighted by Crippen LogP contribution is -2.23. The SMILES string of the molecule is CSc1nccn1-c1cccc(C(=O)NCc2ccc(-n3cccn3)nc2)c1. The van der Waals surface area contributed by atoms with Gasteiger partial charge in [0.05, 0.1) is 0 Å². The average Bonchev–Trinajstić information content (AvgIpc) is 3.44. The molecule has 1 aromatic carbocycles. The van der Waals surface area contributed by atoms with Crippen LogP contribution in [0.2, 0.25) is 0 Å². The molecule has 0 bridgehead atoms. The van der Waals surface area contributed by atoms with Crippen molar-refractivity contribution in [1.82, 2.24) is 29.6 Å². The number of carbonyl (C=O) groups excluding carboxylic acids is 1. The standard InChI is InChI=1S/C20H18N6OS/c1-28-20-21-9-11-25(20)17-5-2-4-16(12-17)19(27)23-14-15-6-7-18(22-13-15)26-10-3-8-24-26/h2-13H,14H2,1H3,(H,23,27). The van der Waals surface area contributed by atoms with Gasteiger partial charge in [0.15, 0.2) is 11.0 Å². The zero-order valence-corrected chi connectivity index (χ0v) is 16.0. The number of hydrogen-bond acceptors (Lipinski definition) is 5. The van der Waals surface area contributed by atoms with Crippen LogP contribution in [0.4, 0.5) is 0 Å². The zero-order valence-electron chi connectivity index (χ0n) is 15.2. The van der Waals surface area contributed by atoms with Gasteiger partial charge in [-0.25, -0.2) is 14.6 Å². The Morgan fingerprint density at radius 3 is 2.79 bits per heavy atom. The molecule has 3 aromatic heterocycles. The first-order chi connectivity index (χ1) is 13.7. The number of thioether (sulfide) groups is 1. The molecule has 1 N–H and O–H groups in total. The Labute approximate surface area is 166 Å². The van der Waals surface area contributed by atoms with Crippen LogP contribution >= 0.6 is 11.8 Å². The minimum Gasteiger partial charge on any atom is -0.348 e. The molecular weight excluding hydrogens is 372 g/mol. The van der Waals surface area contributed by atoms with E-state index in [9.17, 15) is 4.79 Å². The Bertz CT molecular complexity index is 1070. The van der Waals surface area contributed by atoms with Crippen molar-refractivity contribution in [3.05, 3.63) is 84.6 Å². The van der Waals surface area contributed by atoms with Gasteiger partial charge in [-0.05, 0) is 42.2 Å². The summed E-state index contributed by atoms with van der Waals surface area (Å²) in [4.78, 5) is 21.2. The number of benzene rings is 1. The summed E-state index contributed by atoms with van der Waals surface area (Å²) >= 11 is 1.56. The summed E-state index contributed by atoms with van der Waals surface area (Å²) in [6.45, 7) is 0.399. The van der Waals surface area contributed by atoms with Gasteiger partial charge in [-0.3, -0.25) is 9.36 Å². The molecule has 7 nitrogen and oxygen atoms in total. The van der Waals surface area contributed by atoms with Gasteiger partial charge in [0.1, 0.15) is 0 Å². The molecule has 0 unspecified atom stereocenters. The summed E-state index contributed by atoms with van der Waals surface area (Å²) in [6.07, 6.45) is 10.9. The van der Waals surface area contributed by atoms with Gasteiger partial charge < -0.3 is 5.32 Å². The predicted octanol–water partition coefficient (Wildman–Crippen LogP) is 3.10. The molecule has 8 heteroatoms. The van der Waals surface area contributed by atoms with E-state index in [4.69, 9.17) is 0 Å². The van der Waals surface area contributed by atoms with Gasteiger partial charge >= 0.3 is 0 Å². The number of nitrogens with one attached hydrogen (secondary N) is 1. The number of amides is 1. The quantitative estimate of drug-likeness (QED) is 0.512. The van der Waals surface area contributed by atoms with Crippen LogP contribution in [0.5, 0.6) is 0 Å². The van der Waals surface area contributed by atoms with Crippen molar-refractivity contribution in [3.63, 3.8) is 0 Å². The summed E-state index contributed by atoms with van der Waals surface area (Å²) < 4.78 is 3.65. The van der Waals surface area contributed by atoms with Crippen LogP contribution in [0.15, 0.2) is 78.6 Å². The van der Waals surface area contributed by atoms with Crippen LogP contribution < -0.4 is 5.32 Å². The number of carbonyl (C=O) groups is 1. The molecule has 1 amide bonds. The normalized spacial score (nSPS) is 10.8. The summed E-state index contributed by atoms with van der Waals surface area (Å²) in [7, 11) is 0. The van der Waals surface area contributed by atoms with E-state index in [2.05, 4.69) is 20.4 Å². The first-order valence-corrected chi connectivity index (χ1v) is 9.88. The van der Waals surface area contributed by atoms with Crippen molar-refractivity contribution in [3.8, 4) is 11.5 Å². The molecule has 0 spiro atoms. The van der Waals surface area contributed by atoms with Gasteiger partial charge in [0.2, 0.25) is 0 Å². The van der Waals surface area contributed by atoms with Crippen molar-refractivity contribution in [1.29, 1.82) is 0 Å². The molecule has 0 saturated carbocycles. The van der Waals surface area contributed by atoms with Gasteiger partial charge in [-0.15, -0.1) is 0 Å². The lowest BCUT2D eigenvalue weighted by Gasteiger charge is -2.09. The Hall–Kier alpha value is -3.39. The smallest absolute Gasteiger partial charge is 0.251 e. The average molecular weight is 390 g/mol. The fourth-order valence-corrected chi connectivity index (χ4v) is 3.31. The van der Waals surface area contributed by atoms with Crippen molar-refractivity contribution in [2.24, 2.45) is 0 Å². The van der Waals surface area contributed by atoms with E-state index >= 15 is 0 Å². The number of hydrogen-bond donors (Lipinski definition) is 1. The highest BCUT2D eigenvalue weighted by Gasteiger charge is 2.09. The highest BCUT2D eigenvalue weighted by Crippen LogP contribution is 2.19. The fourth-order valence-electron chi connectivity index (χ4n) is 2.78. The highest BCUT2D eigenvalue weighted by molar-refractivity contribution is 7.98. The van der Waals surface area contributed by atoms with E-state index in [0.717, 1.165) is 22.2 Å². The van der Waals surface area contributed by atoms with Crippen molar-refractivity contribution >= 4 is 17.7 Å². The Morgan fingerprint density at radius 1 is 1.11 bits per heavy atom. The summed E-state index contributed by atoms with van der Waals surface area (Å²) in [6, 6.07) is 13.1. The lowest BCUT2D eigenvalue weighted by molar-refractivity contribution is 0.0951. The van der Waals surface area contributed by atoms with Crippen LogP contribution in [0.25, 0.3) is 11.5 Å². The fraction of sp³-hybridized carbons (Fsp3) is 0.100. The number of rotatable bonds is 6. The molecule has 0 aliphatic heterocycles. The first-order valence-electron chi connectivity index (χ1n) is 8.65. The molecule has 28 heavy (non-hydrogen) atoms. The zero-order chi connectivity index (χ0) is 19.3. The molecule has 0 aliphatic rings. The van der Waals surface area contributed by atoms with E-state index in [1.807, 2.05) is 59.6 Å². The largest absolute Gasteiger partial charge is 0.348 e. The predicted molar refractivity (Wildman–Crippen MR) is 108 cm³/mol. The van der Waals surface area contributed by atoms with Crippen LogP contribution in [-0.2, 0) is 6.54 Å². The van der Waals surface area contributed by atoms with E-state index in [-0.39, 0.29) is 5.91 Å². The van der Waals surface area contributed by atoms with Gasteiger partial charge in [-0.1, -0.05) is 23.9 Å². The Kier molecular flexibility index (Phi) is 5.20. The molecule has 4 rings (SSSR count). The Balaban J connectivity index is 1.43. The molecular formula is C20H18N6OS. The van der Waals surface area contributed by atoms with Crippen LogP contribution in [-0.4, -0.2) is 36.5 Å². The van der Waals surface area contributed by atoms with Crippen LogP contribution in [0, 0.1) is 0 Å². The van der Waals surface area contributed by atoms with E-state index < -0.39 is 0 Å². The molecule has 140 valence electrons. The third-order valence-corrected chi connectivity index (χ3v) is 4.84. The molecule has 0 saturated heterocycles. The number of pyridine rings is 1. The van der Waals surface area contributed by atoms with Crippen LogP contribution in [0.3, 0.4) is 0 Å². The summed E-state index contributed by atoms with van der Waals surface area (Å²) in [5, 5.41) is 7.96. The lowest BCUT2D eigenvalue weighted by atomic mass is 10.2.